The summed E-state index contributed by atoms with van der Waals surface area (Å²) in [6.07, 6.45) is -0.847. The highest BCUT2D eigenvalue weighted by molar-refractivity contribution is 5.85. The summed E-state index contributed by atoms with van der Waals surface area (Å²) in [5.74, 6) is -0.00874. The molecule has 0 saturated carbocycles. The van der Waals surface area contributed by atoms with E-state index >= 15 is 0 Å². The Morgan fingerprint density at radius 3 is 2.17 bits per heavy atom. The second kappa shape index (κ2) is 8.15. The molecular weight excluding hydrogens is 306 g/mol. The van der Waals surface area contributed by atoms with Crippen LogP contribution in [0.15, 0.2) is 54.6 Å². The van der Waals surface area contributed by atoms with E-state index in [4.69, 9.17) is 9.47 Å². The number of esters is 1. The van der Waals surface area contributed by atoms with Crippen LogP contribution in [0.5, 0.6) is 5.75 Å². The molecule has 2 rings (SSSR count). The summed E-state index contributed by atoms with van der Waals surface area (Å²) < 4.78 is 10.5. The Morgan fingerprint density at radius 1 is 1.00 bits per heavy atom. The molecule has 0 heterocycles. The first kappa shape index (κ1) is 17.5. The van der Waals surface area contributed by atoms with E-state index < -0.39 is 12.1 Å². The lowest BCUT2D eigenvalue weighted by atomic mass is 10.1. The number of benzene rings is 2. The quantitative estimate of drug-likeness (QED) is 0.765. The molecule has 2 aromatic rings. The van der Waals surface area contributed by atoms with Crippen LogP contribution in [0.3, 0.4) is 0 Å². The zero-order chi connectivity index (χ0) is 17.5. The molecule has 0 aromatic heterocycles. The number of hydrogen-bond acceptors (Lipinski definition) is 4. The normalized spacial score (nSPS) is 11.5. The molecular formula is C19H21NO4. The van der Waals surface area contributed by atoms with Crippen LogP contribution in [0.4, 0.5) is 0 Å². The highest BCUT2D eigenvalue weighted by atomic mass is 16.5. The molecule has 0 aliphatic rings. The van der Waals surface area contributed by atoms with Crippen molar-refractivity contribution in [3.63, 3.8) is 0 Å². The number of hydrogen-bond donors (Lipinski definition) is 0. The molecule has 1 amide bonds. The standard InChI is InChI=1S/C19H21NO4/c1-20(2)19(22)18(15-7-5-4-6-8-15)24-17(21)13-14-9-11-16(23-3)12-10-14/h4-12,18H,13H2,1-3H3/t18-/m0/s1. The molecule has 0 N–H and O–H groups in total. The third-order valence-electron chi connectivity index (χ3n) is 3.52. The Bertz CT molecular complexity index is 680. The summed E-state index contributed by atoms with van der Waals surface area (Å²) in [6, 6.07) is 16.2. The molecule has 1 atom stereocenters. The second-order valence-electron chi connectivity index (χ2n) is 5.54. The zero-order valence-electron chi connectivity index (χ0n) is 14.1. The highest BCUT2D eigenvalue weighted by Gasteiger charge is 2.26. The minimum absolute atomic E-state index is 0.0913. The molecule has 0 unspecified atom stereocenters. The van der Waals surface area contributed by atoms with Crippen LogP contribution in [0.1, 0.15) is 17.2 Å². The van der Waals surface area contributed by atoms with Gasteiger partial charge in [-0.3, -0.25) is 9.59 Å². The smallest absolute Gasteiger partial charge is 0.311 e. The Morgan fingerprint density at radius 2 is 1.62 bits per heavy atom. The largest absolute Gasteiger partial charge is 0.497 e. The van der Waals surface area contributed by atoms with E-state index in [0.29, 0.717) is 5.56 Å². The van der Waals surface area contributed by atoms with Gasteiger partial charge in [0.1, 0.15) is 5.75 Å². The monoisotopic (exact) mass is 327 g/mol. The van der Waals surface area contributed by atoms with Gasteiger partial charge in [-0.05, 0) is 17.7 Å². The topological polar surface area (TPSA) is 55.8 Å². The number of carbonyl (C=O) groups is 2. The second-order valence-corrected chi connectivity index (χ2v) is 5.54. The van der Waals surface area contributed by atoms with Gasteiger partial charge in [-0.15, -0.1) is 0 Å². The molecule has 0 spiro atoms. The maximum atomic E-state index is 12.3. The van der Waals surface area contributed by atoms with Crippen molar-refractivity contribution < 1.29 is 19.1 Å². The average molecular weight is 327 g/mol. The zero-order valence-corrected chi connectivity index (χ0v) is 14.1. The Balaban J connectivity index is 2.10. The molecule has 0 radical (unpaired) electrons. The van der Waals surface area contributed by atoms with Crippen molar-refractivity contribution in [1.82, 2.24) is 4.90 Å². The first-order valence-corrected chi connectivity index (χ1v) is 7.59. The van der Waals surface area contributed by atoms with Gasteiger partial charge in [0.2, 0.25) is 6.10 Å². The summed E-state index contributed by atoms with van der Waals surface area (Å²) in [4.78, 5) is 26.0. The molecule has 2 aromatic carbocycles. The lowest BCUT2D eigenvalue weighted by molar-refractivity contribution is -0.159. The molecule has 0 saturated heterocycles. The SMILES string of the molecule is COc1ccc(CC(=O)O[C@H](C(=O)N(C)C)c2ccccc2)cc1. The Kier molecular flexibility index (Phi) is 5.95. The Labute approximate surface area is 141 Å². The van der Waals surface area contributed by atoms with Crippen molar-refractivity contribution >= 4 is 11.9 Å². The predicted molar refractivity (Wildman–Crippen MR) is 90.7 cm³/mol. The lowest BCUT2D eigenvalue weighted by Crippen LogP contribution is -2.31. The minimum Gasteiger partial charge on any atom is -0.497 e. The number of methoxy groups -OCH3 is 1. The summed E-state index contributed by atoms with van der Waals surface area (Å²) in [7, 11) is 4.85. The molecule has 126 valence electrons. The fraction of sp³-hybridized carbons (Fsp3) is 0.263. The highest BCUT2D eigenvalue weighted by Crippen LogP contribution is 2.20. The first-order valence-electron chi connectivity index (χ1n) is 7.59. The summed E-state index contributed by atoms with van der Waals surface area (Å²) >= 11 is 0. The number of nitrogens with zero attached hydrogens (tertiary/aromatic N) is 1. The third-order valence-corrected chi connectivity index (χ3v) is 3.52. The van der Waals surface area contributed by atoms with Crippen molar-refractivity contribution in [3.8, 4) is 5.75 Å². The van der Waals surface area contributed by atoms with E-state index in [0.717, 1.165) is 11.3 Å². The molecule has 5 heteroatoms. The van der Waals surface area contributed by atoms with E-state index in [1.165, 1.54) is 4.90 Å². The minimum atomic E-state index is -0.938. The van der Waals surface area contributed by atoms with Crippen LogP contribution in [-0.4, -0.2) is 38.0 Å². The van der Waals surface area contributed by atoms with Crippen LogP contribution in [0.2, 0.25) is 0 Å². The lowest BCUT2D eigenvalue weighted by Gasteiger charge is -2.21. The van der Waals surface area contributed by atoms with Crippen LogP contribution in [-0.2, 0) is 20.7 Å². The van der Waals surface area contributed by atoms with E-state index in [2.05, 4.69) is 0 Å². The first-order chi connectivity index (χ1) is 11.5. The van der Waals surface area contributed by atoms with Crippen molar-refractivity contribution in [3.05, 3.63) is 65.7 Å². The fourth-order valence-electron chi connectivity index (χ4n) is 2.21. The van der Waals surface area contributed by atoms with Gasteiger partial charge in [0.25, 0.3) is 5.91 Å². The average Bonchev–Trinajstić information content (AvgIpc) is 2.60. The van der Waals surface area contributed by atoms with E-state index in [-0.39, 0.29) is 12.3 Å². The predicted octanol–water partition coefficient (Wildman–Crippen LogP) is 2.61. The van der Waals surface area contributed by atoms with Crippen LogP contribution in [0.25, 0.3) is 0 Å². The number of amides is 1. The van der Waals surface area contributed by atoms with Crippen molar-refractivity contribution in [2.45, 2.75) is 12.5 Å². The van der Waals surface area contributed by atoms with Gasteiger partial charge in [-0.1, -0.05) is 42.5 Å². The van der Waals surface area contributed by atoms with E-state index in [1.807, 2.05) is 18.2 Å². The van der Waals surface area contributed by atoms with Gasteiger partial charge in [0, 0.05) is 19.7 Å². The number of likely N-dealkylation sites (N-methyl/N-ethyl adjacent to an activating group) is 1. The van der Waals surface area contributed by atoms with Crippen molar-refractivity contribution in [2.24, 2.45) is 0 Å². The maximum absolute atomic E-state index is 12.3. The van der Waals surface area contributed by atoms with E-state index in [9.17, 15) is 9.59 Å². The van der Waals surface area contributed by atoms with Gasteiger partial charge in [0.15, 0.2) is 0 Å². The van der Waals surface area contributed by atoms with Gasteiger partial charge in [-0.25, -0.2) is 0 Å². The molecule has 0 aliphatic heterocycles. The van der Waals surface area contributed by atoms with Crippen molar-refractivity contribution in [1.29, 1.82) is 0 Å². The van der Waals surface area contributed by atoms with Gasteiger partial charge >= 0.3 is 5.97 Å². The fourth-order valence-corrected chi connectivity index (χ4v) is 2.21. The van der Waals surface area contributed by atoms with Crippen LogP contribution in [0, 0.1) is 0 Å². The maximum Gasteiger partial charge on any atom is 0.311 e. The number of carbonyl (C=O) groups excluding carboxylic acids is 2. The molecule has 0 aliphatic carbocycles. The van der Waals surface area contributed by atoms with Crippen molar-refractivity contribution in [2.75, 3.05) is 21.2 Å². The summed E-state index contributed by atoms with van der Waals surface area (Å²) in [6.45, 7) is 0. The van der Waals surface area contributed by atoms with Crippen LogP contribution >= 0.6 is 0 Å². The van der Waals surface area contributed by atoms with Gasteiger partial charge < -0.3 is 14.4 Å². The molecule has 24 heavy (non-hydrogen) atoms. The summed E-state index contributed by atoms with van der Waals surface area (Å²) in [5, 5.41) is 0. The third kappa shape index (κ3) is 4.59. The number of ether oxygens (including phenoxy) is 2. The molecule has 0 fully saturated rings. The number of rotatable bonds is 6. The summed E-state index contributed by atoms with van der Waals surface area (Å²) in [5.41, 5.74) is 1.45. The van der Waals surface area contributed by atoms with Gasteiger partial charge in [-0.2, -0.15) is 0 Å². The molecule has 5 nitrogen and oxygen atoms in total. The Hall–Kier alpha value is -2.82. The van der Waals surface area contributed by atoms with Gasteiger partial charge in [0.05, 0.1) is 13.5 Å². The molecule has 0 bridgehead atoms. The van der Waals surface area contributed by atoms with E-state index in [1.54, 1.807) is 57.6 Å². The van der Waals surface area contributed by atoms with Crippen LogP contribution < -0.4 is 4.74 Å².